The summed E-state index contributed by atoms with van der Waals surface area (Å²) in [5.74, 6) is -3.48. The van der Waals surface area contributed by atoms with Gasteiger partial charge in [0.2, 0.25) is 0 Å². The molecule has 0 aliphatic carbocycles. The molecule has 7 heteroatoms. The number of hydrogen-bond donors (Lipinski definition) is 2. The van der Waals surface area contributed by atoms with Gasteiger partial charge in [0.15, 0.2) is 11.6 Å². The summed E-state index contributed by atoms with van der Waals surface area (Å²) in [5.41, 5.74) is 0.751. The van der Waals surface area contributed by atoms with Crippen LogP contribution in [0.25, 0.3) is 0 Å². The van der Waals surface area contributed by atoms with Crippen LogP contribution in [0.3, 0.4) is 0 Å². The summed E-state index contributed by atoms with van der Waals surface area (Å²) in [6, 6.07) is 1.78. The molecule has 2 rings (SSSR count). The molecule has 0 saturated carbocycles. The minimum absolute atomic E-state index is 0.266. The Balaban J connectivity index is 2.56. The lowest BCUT2D eigenvalue weighted by Crippen LogP contribution is -2.08. The lowest BCUT2D eigenvalue weighted by Gasteiger charge is -2.14. The Kier molecular flexibility index (Phi) is 4.22. The highest BCUT2D eigenvalue weighted by molar-refractivity contribution is 9.10. The lowest BCUT2D eigenvalue weighted by molar-refractivity contribution is 0.0697. The van der Waals surface area contributed by atoms with Crippen LogP contribution in [0, 0.1) is 25.5 Å². The number of carboxylic acid groups (broad SMARTS) is 1. The predicted octanol–water partition coefficient (Wildman–Crippen LogP) is 4.18. The number of carbonyl (C=O) groups is 1. The molecule has 0 amide bonds. The maximum atomic E-state index is 13.9. The number of benzene rings is 1. The first-order chi connectivity index (χ1) is 9.82. The molecule has 110 valence electrons. The molecule has 1 aromatic heterocycles. The number of hydrogen-bond acceptors (Lipinski definition) is 3. The van der Waals surface area contributed by atoms with Gasteiger partial charge in [-0.05, 0) is 53.0 Å². The van der Waals surface area contributed by atoms with Gasteiger partial charge >= 0.3 is 5.97 Å². The molecule has 0 unspecified atom stereocenters. The number of nitrogens with one attached hydrogen (secondary N) is 1. The van der Waals surface area contributed by atoms with Crippen molar-refractivity contribution in [2.45, 2.75) is 13.8 Å². The zero-order valence-electron chi connectivity index (χ0n) is 11.2. The summed E-state index contributed by atoms with van der Waals surface area (Å²) in [6.07, 6.45) is 1.50. The molecule has 0 atom stereocenters. The number of aromatic carboxylic acids is 1. The average molecular weight is 357 g/mol. The van der Waals surface area contributed by atoms with E-state index in [1.54, 1.807) is 6.92 Å². The number of halogens is 3. The average Bonchev–Trinajstić information content (AvgIpc) is 2.44. The summed E-state index contributed by atoms with van der Waals surface area (Å²) in [6.45, 7) is 3.57. The monoisotopic (exact) mass is 356 g/mol. The van der Waals surface area contributed by atoms with Gasteiger partial charge in [0.1, 0.15) is 5.82 Å². The first-order valence-electron chi connectivity index (χ1n) is 5.93. The van der Waals surface area contributed by atoms with Crippen molar-refractivity contribution < 1.29 is 18.7 Å². The Morgan fingerprint density at radius 3 is 2.57 bits per heavy atom. The minimum Gasteiger partial charge on any atom is -0.478 e. The standard InChI is InChI=1S/C14H11BrF2N2O2/c1-6-7(2)13(18-5-9(6)15)19-12-8(14(20)21)3-4-10(16)11(12)17/h3-5H,1-2H3,(H,18,19)(H,20,21). The predicted molar refractivity (Wildman–Crippen MR) is 78.0 cm³/mol. The number of carboxylic acids is 1. The Bertz CT molecular complexity index is 735. The molecule has 0 bridgehead atoms. The summed E-state index contributed by atoms with van der Waals surface area (Å²) in [7, 11) is 0. The van der Waals surface area contributed by atoms with E-state index in [4.69, 9.17) is 5.11 Å². The van der Waals surface area contributed by atoms with Crippen LogP contribution in [0.4, 0.5) is 20.3 Å². The molecule has 0 saturated heterocycles. The normalized spacial score (nSPS) is 10.5. The molecule has 0 aliphatic heterocycles. The number of nitrogens with zero attached hydrogens (tertiary/aromatic N) is 1. The van der Waals surface area contributed by atoms with Crippen LogP contribution in [-0.4, -0.2) is 16.1 Å². The van der Waals surface area contributed by atoms with Crippen molar-refractivity contribution in [3.8, 4) is 0 Å². The first kappa shape index (κ1) is 15.4. The molecule has 2 N–H and O–H groups in total. The smallest absolute Gasteiger partial charge is 0.337 e. The fraction of sp³-hybridized carbons (Fsp3) is 0.143. The van der Waals surface area contributed by atoms with E-state index in [0.717, 1.165) is 22.2 Å². The maximum absolute atomic E-state index is 13.9. The zero-order chi connectivity index (χ0) is 15.7. The number of aromatic nitrogens is 1. The highest BCUT2D eigenvalue weighted by atomic mass is 79.9. The fourth-order valence-electron chi connectivity index (χ4n) is 1.77. The first-order valence-corrected chi connectivity index (χ1v) is 6.72. The third-order valence-corrected chi connectivity index (χ3v) is 3.95. The van der Waals surface area contributed by atoms with Crippen molar-refractivity contribution in [3.05, 3.63) is 51.1 Å². The van der Waals surface area contributed by atoms with Gasteiger partial charge in [-0.3, -0.25) is 0 Å². The van der Waals surface area contributed by atoms with E-state index in [9.17, 15) is 13.6 Å². The van der Waals surface area contributed by atoms with Crippen LogP contribution in [0.1, 0.15) is 21.5 Å². The van der Waals surface area contributed by atoms with Gasteiger partial charge in [-0.25, -0.2) is 18.6 Å². The second-order valence-corrected chi connectivity index (χ2v) is 5.27. The molecule has 0 aliphatic rings. The molecule has 1 aromatic carbocycles. The third-order valence-electron chi connectivity index (χ3n) is 3.15. The number of rotatable bonds is 3. The van der Waals surface area contributed by atoms with Crippen molar-refractivity contribution in [2.24, 2.45) is 0 Å². The van der Waals surface area contributed by atoms with Gasteiger partial charge in [-0.2, -0.15) is 0 Å². The van der Waals surface area contributed by atoms with Crippen molar-refractivity contribution in [1.82, 2.24) is 4.98 Å². The van der Waals surface area contributed by atoms with Crippen LogP contribution >= 0.6 is 15.9 Å². The Morgan fingerprint density at radius 1 is 1.29 bits per heavy atom. The molecule has 4 nitrogen and oxygen atoms in total. The van der Waals surface area contributed by atoms with Gasteiger partial charge in [0, 0.05) is 10.7 Å². The van der Waals surface area contributed by atoms with Crippen molar-refractivity contribution in [2.75, 3.05) is 5.32 Å². The van der Waals surface area contributed by atoms with Crippen LogP contribution in [0.5, 0.6) is 0 Å². The minimum atomic E-state index is -1.36. The van der Waals surface area contributed by atoms with E-state index < -0.39 is 23.3 Å². The van der Waals surface area contributed by atoms with E-state index in [0.29, 0.717) is 5.56 Å². The summed E-state index contributed by atoms with van der Waals surface area (Å²) < 4.78 is 28.0. The zero-order valence-corrected chi connectivity index (χ0v) is 12.8. The Hall–Kier alpha value is -2.02. The van der Waals surface area contributed by atoms with Gasteiger partial charge in [-0.1, -0.05) is 0 Å². The topological polar surface area (TPSA) is 62.2 Å². The lowest BCUT2D eigenvalue weighted by atomic mass is 10.1. The van der Waals surface area contributed by atoms with E-state index in [1.165, 1.54) is 6.20 Å². The van der Waals surface area contributed by atoms with E-state index in [1.807, 2.05) is 6.92 Å². The molecule has 0 spiro atoms. The van der Waals surface area contributed by atoms with Crippen LogP contribution in [0.15, 0.2) is 22.8 Å². The molecule has 1 heterocycles. The Morgan fingerprint density at radius 2 is 1.95 bits per heavy atom. The summed E-state index contributed by atoms with van der Waals surface area (Å²) >= 11 is 3.31. The van der Waals surface area contributed by atoms with Crippen LogP contribution in [-0.2, 0) is 0 Å². The molecule has 2 aromatic rings. The van der Waals surface area contributed by atoms with Crippen molar-refractivity contribution in [3.63, 3.8) is 0 Å². The van der Waals surface area contributed by atoms with Gasteiger partial charge in [-0.15, -0.1) is 0 Å². The highest BCUT2D eigenvalue weighted by Gasteiger charge is 2.19. The van der Waals surface area contributed by atoms with E-state index in [-0.39, 0.29) is 11.4 Å². The molecule has 0 fully saturated rings. The van der Waals surface area contributed by atoms with Crippen LogP contribution < -0.4 is 5.32 Å². The second-order valence-electron chi connectivity index (χ2n) is 4.42. The summed E-state index contributed by atoms with van der Waals surface area (Å²) in [5, 5.41) is 11.6. The van der Waals surface area contributed by atoms with E-state index in [2.05, 4.69) is 26.2 Å². The molecular weight excluding hydrogens is 346 g/mol. The fourth-order valence-corrected chi connectivity index (χ4v) is 2.17. The largest absolute Gasteiger partial charge is 0.478 e. The molecule has 21 heavy (non-hydrogen) atoms. The molecular formula is C14H11BrF2N2O2. The van der Waals surface area contributed by atoms with Crippen molar-refractivity contribution >= 4 is 33.4 Å². The van der Waals surface area contributed by atoms with Gasteiger partial charge in [0.05, 0.1) is 11.3 Å². The van der Waals surface area contributed by atoms with Gasteiger partial charge in [0.25, 0.3) is 0 Å². The third kappa shape index (κ3) is 2.87. The Labute approximate surface area is 128 Å². The molecule has 0 radical (unpaired) electrons. The number of anilines is 2. The second kappa shape index (κ2) is 5.77. The highest BCUT2D eigenvalue weighted by Crippen LogP contribution is 2.29. The van der Waals surface area contributed by atoms with Gasteiger partial charge < -0.3 is 10.4 Å². The SMILES string of the molecule is Cc1c(Br)cnc(Nc2c(C(=O)O)ccc(F)c2F)c1C. The van der Waals surface area contributed by atoms with Crippen LogP contribution in [0.2, 0.25) is 0 Å². The van der Waals surface area contributed by atoms with Crippen molar-refractivity contribution in [1.29, 1.82) is 0 Å². The quantitative estimate of drug-likeness (QED) is 0.865. The maximum Gasteiger partial charge on any atom is 0.337 e. The number of pyridine rings is 1. The summed E-state index contributed by atoms with van der Waals surface area (Å²) in [4.78, 5) is 15.2. The van der Waals surface area contributed by atoms with E-state index >= 15 is 0 Å².